The highest BCUT2D eigenvalue weighted by molar-refractivity contribution is 6.34. The molecule has 0 spiro atoms. The van der Waals surface area contributed by atoms with E-state index in [1.165, 1.54) is 0 Å². The normalized spacial score (nSPS) is 20.9. The van der Waals surface area contributed by atoms with Crippen LogP contribution in [0.1, 0.15) is 43.5 Å². The maximum Gasteiger partial charge on any atom is 0.223 e. The molecule has 1 aliphatic heterocycles. The first-order chi connectivity index (χ1) is 12.8. The van der Waals surface area contributed by atoms with Crippen LogP contribution in [0, 0.1) is 0 Å². The fraction of sp³-hybridized carbons (Fsp3) is 0.619. The lowest BCUT2D eigenvalue weighted by atomic mass is 10.0. The third kappa shape index (κ3) is 6.30. The molecule has 1 aromatic rings. The van der Waals surface area contributed by atoms with Gasteiger partial charge in [-0.25, -0.2) is 0 Å². The minimum atomic E-state index is -0.0719. The lowest BCUT2D eigenvalue weighted by Crippen LogP contribution is -2.58. The Labute approximate surface area is 168 Å². The van der Waals surface area contributed by atoms with E-state index in [0.29, 0.717) is 22.7 Å². The van der Waals surface area contributed by atoms with Gasteiger partial charge < -0.3 is 9.80 Å². The molecule has 1 aromatic carbocycles. The summed E-state index contributed by atoms with van der Waals surface area (Å²) in [7, 11) is 4.18. The highest BCUT2D eigenvalue weighted by Crippen LogP contribution is 2.20. The van der Waals surface area contributed by atoms with Crippen LogP contribution >= 0.6 is 11.6 Å². The standard InChI is InChI=1S/C21H32ClN3O2/c1-16-14-24(15-17(2)25(16)13-7-12-23(3)4)21(27)11-10-20(26)18-8-5-6-9-19(18)22/h5-6,8-9,16-17H,7,10-15H2,1-4H3. The number of hydrogen-bond acceptors (Lipinski definition) is 4. The third-order valence-corrected chi connectivity index (χ3v) is 5.55. The Morgan fingerprint density at radius 2 is 1.74 bits per heavy atom. The van der Waals surface area contributed by atoms with Crippen LogP contribution in [0.3, 0.4) is 0 Å². The number of carbonyl (C=O) groups is 2. The van der Waals surface area contributed by atoms with Gasteiger partial charge in [0, 0.05) is 50.1 Å². The van der Waals surface area contributed by atoms with Gasteiger partial charge >= 0.3 is 0 Å². The molecule has 1 amide bonds. The molecule has 1 fully saturated rings. The lowest BCUT2D eigenvalue weighted by molar-refractivity contribution is -0.135. The Kier molecular flexibility index (Phi) is 8.27. The second kappa shape index (κ2) is 10.2. The number of nitrogens with zero attached hydrogens (tertiary/aromatic N) is 3. The van der Waals surface area contributed by atoms with Crippen molar-refractivity contribution in [3.63, 3.8) is 0 Å². The van der Waals surface area contributed by atoms with Gasteiger partial charge in [-0.15, -0.1) is 0 Å². The largest absolute Gasteiger partial charge is 0.340 e. The number of Topliss-reactive ketones (excluding diaryl/α,β-unsaturated/α-hetero) is 1. The number of halogens is 1. The number of amides is 1. The van der Waals surface area contributed by atoms with Gasteiger partial charge in [-0.3, -0.25) is 14.5 Å². The third-order valence-electron chi connectivity index (χ3n) is 5.22. The van der Waals surface area contributed by atoms with Crippen LogP contribution < -0.4 is 0 Å². The van der Waals surface area contributed by atoms with Crippen molar-refractivity contribution in [2.24, 2.45) is 0 Å². The van der Waals surface area contributed by atoms with E-state index >= 15 is 0 Å². The summed E-state index contributed by atoms with van der Waals surface area (Å²) in [6.07, 6.45) is 1.57. The van der Waals surface area contributed by atoms with E-state index in [0.717, 1.165) is 32.6 Å². The molecule has 6 heteroatoms. The van der Waals surface area contributed by atoms with E-state index in [1.54, 1.807) is 24.3 Å². The summed E-state index contributed by atoms with van der Waals surface area (Å²) in [5, 5.41) is 0.448. The molecule has 1 heterocycles. The van der Waals surface area contributed by atoms with Crippen molar-refractivity contribution in [3.8, 4) is 0 Å². The van der Waals surface area contributed by atoms with Crippen molar-refractivity contribution in [2.75, 3.05) is 40.3 Å². The minimum Gasteiger partial charge on any atom is -0.340 e. The zero-order valence-corrected chi connectivity index (χ0v) is 17.7. The molecule has 0 aromatic heterocycles. The zero-order chi connectivity index (χ0) is 20.0. The van der Waals surface area contributed by atoms with E-state index in [4.69, 9.17) is 11.6 Å². The number of carbonyl (C=O) groups excluding carboxylic acids is 2. The van der Waals surface area contributed by atoms with Gasteiger partial charge in [0.25, 0.3) is 0 Å². The first-order valence-corrected chi connectivity index (χ1v) is 10.1. The molecule has 150 valence electrons. The predicted octanol–water partition coefficient (Wildman–Crippen LogP) is 3.18. The van der Waals surface area contributed by atoms with Gasteiger partial charge in [0.1, 0.15) is 0 Å². The summed E-state index contributed by atoms with van der Waals surface area (Å²) < 4.78 is 0. The van der Waals surface area contributed by atoms with E-state index in [9.17, 15) is 9.59 Å². The summed E-state index contributed by atoms with van der Waals surface area (Å²) >= 11 is 6.07. The average molecular weight is 394 g/mol. The smallest absolute Gasteiger partial charge is 0.223 e. The monoisotopic (exact) mass is 393 g/mol. The molecule has 0 bridgehead atoms. The van der Waals surface area contributed by atoms with E-state index in [2.05, 4.69) is 37.7 Å². The summed E-state index contributed by atoms with van der Waals surface area (Å²) in [6.45, 7) is 7.94. The SMILES string of the molecule is CC1CN(C(=O)CCC(=O)c2ccccc2Cl)CC(C)N1CCCN(C)C. The van der Waals surface area contributed by atoms with E-state index < -0.39 is 0 Å². The molecule has 1 saturated heterocycles. The second-order valence-corrected chi connectivity index (χ2v) is 8.20. The van der Waals surface area contributed by atoms with E-state index in [-0.39, 0.29) is 24.5 Å². The molecule has 0 saturated carbocycles. The van der Waals surface area contributed by atoms with Gasteiger partial charge in [-0.1, -0.05) is 23.7 Å². The molecule has 0 radical (unpaired) electrons. The van der Waals surface area contributed by atoms with E-state index in [1.807, 2.05) is 4.90 Å². The Morgan fingerprint density at radius 3 is 2.33 bits per heavy atom. The van der Waals surface area contributed by atoms with Crippen molar-refractivity contribution in [1.29, 1.82) is 0 Å². The second-order valence-electron chi connectivity index (χ2n) is 7.79. The van der Waals surface area contributed by atoms with Crippen LogP contribution in [-0.2, 0) is 4.79 Å². The Balaban J connectivity index is 1.84. The molecule has 2 atom stereocenters. The van der Waals surface area contributed by atoms with Crippen molar-refractivity contribution < 1.29 is 9.59 Å². The molecule has 5 nitrogen and oxygen atoms in total. The first-order valence-electron chi connectivity index (χ1n) is 9.75. The van der Waals surface area contributed by atoms with Crippen LogP contribution in [0.15, 0.2) is 24.3 Å². The Bertz CT molecular complexity index is 638. The first kappa shape index (κ1) is 21.9. The van der Waals surface area contributed by atoms with Gasteiger partial charge in [0.05, 0.1) is 5.02 Å². The van der Waals surface area contributed by atoms with Crippen molar-refractivity contribution in [3.05, 3.63) is 34.9 Å². The number of piperazine rings is 1. The molecule has 2 rings (SSSR count). The summed E-state index contributed by atoms with van der Waals surface area (Å²) in [4.78, 5) is 31.6. The maximum absolute atomic E-state index is 12.6. The Hall–Kier alpha value is -1.43. The number of benzene rings is 1. The number of ketones is 1. The summed E-state index contributed by atoms with van der Waals surface area (Å²) in [6, 6.07) is 7.67. The van der Waals surface area contributed by atoms with Crippen LogP contribution in [-0.4, -0.2) is 78.7 Å². The van der Waals surface area contributed by atoms with Gasteiger partial charge in [-0.2, -0.15) is 0 Å². The summed E-state index contributed by atoms with van der Waals surface area (Å²) in [5.74, 6) is -0.0144. The van der Waals surface area contributed by atoms with Crippen LogP contribution in [0.5, 0.6) is 0 Å². The van der Waals surface area contributed by atoms with Crippen molar-refractivity contribution in [2.45, 2.75) is 45.2 Å². The topological polar surface area (TPSA) is 43.9 Å². The lowest BCUT2D eigenvalue weighted by Gasteiger charge is -2.44. The molecule has 1 aliphatic rings. The fourth-order valence-electron chi connectivity index (χ4n) is 3.77. The minimum absolute atomic E-state index is 0.0574. The maximum atomic E-state index is 12.6. The fourth-order valence-corrected chi connectivity index (χ4v) is 4.01. The van der Waals surface area contributed by atoms with Gasteiger partial charge in [0.15, 0.2) is 5.78 Å². The number of rotatable bonds is 8. The molecular formula is C21H32ClN3O2. The Morgan fingerprint density at radius 1 is 1.11 bits per heavy atom. The molecule has 2 unspecified atom stereocenters. The average Bonchev–Trinajstić information content (AvgIpc) is 2.61. The number of hydrogen-bond donors (Lipinski definition) is 0. The van der Waals surface area contributed by atoms with Crippen molar-refractivity contribution >= 4 is 23.3 Å². The van der Waals surface area contributed by atoms with Crippen LogP contribution in [0.2, 0.25) is 5.02 Å². The predicted molar refractivity (Wildman–Crippen MR) is 110 cm³/mol. The van der Waals surface area contributed by atoms with Crippen LogP contribution in [0.25, 0.3) is 0 Å². The molecular weight excluding hydrogens is 362 g/mol. The molecule has 0 aliphatic carbocycles. The van der Waals surface area contributed by atoms with Crippen LogP contribution in [0.4, 0.5) is 0 Å². The molecule has 27 heavy (non-hydrogen) atoms. The van der Waals surface area contributed by atoms with Gasteiger partial charge in [-0.05, 0) is 53.0 Å². The summed E-state index contributed by atoms with van der Waals surface area (Å²) in [5.41, 5.74) is 0.499. The highest BCUT2D eigenvalue weighted by atomic mass is 35.5. The quantitative estimate of drug-likeness (QED) is 0.636. The zero-order valence-electron chi connectivity index (χ0n) is 16.9. The highest BCUT2D eigenvalue weighted by Gasteiger charge is 2.31. The van der Waals surface area contributed by atoms with Gasteiger partial charge in [0.2, 0.25) is 5.91 Å². The van der Waals surface area contributed by atoms with Crippen molar-refractivity contribution in [1.82, 2.24) is 14.7 Å². The molecule has 0 N–H and O–H groups in total.